The molecule has 0 atom stereocenters. The molecule has 0 heterocycles. The van der Waals surface area contributed by atoms with Crippen molar-refractivity contribution in [2.45, 2.75) is 12.8 Å². The molecule has 2 rings (SSSR count). The average molecular weight is 345 g/mol. The van der Waals surface area contributed by atoms with Gasteiger partial charge >= 0.3 is 5.97 Å². The maximum Gasteiger partial charge on any atom is 0.333 e. The Balaban J connectivity index is 2.19. The van der Waals surface area contributed by atoms with E-state index in [1.54, 1.807) is 0 Å². The van der Waals surface area contributed by atoms with Crippen molar-refractivity contribution in [2.24, 2.45) is 0 Å². The van der Waals surface area contributed by atoms with Crippen molar-refractivity contribution in [3.05, 3.63) is 75.8 Å². The largest absolute Gasteiger partial charge is 0.466 e. The second-order valence-corrected chi connectivity index (χ2v) is 5.52. The zero-order valence-electron chi connectivity index (χ0n) is 11.9. The van der Waals surface area contributed by atoms with E-state index in [9.17, 15) is 4.79 Å². The van der Waals surface area contributed by atoms with Gasteiger partial charge in [-0.15, -0.1) is 0 Å². The minimum Gasteiger partial charge on any atom is -0.466 e. The number of aryl methyl sites for hydroxylation is 1. The lowest BCUT2D eigenvalue weighted by atomic mass is 10.0. The quantitative estimate of drug-likeness (QED) is 0.583. The van der Waals surface area contributed by atoms with Crippen LogP contribution in [-0.2, 0) is 16.0 Å². The first-order valence-electron chi connectivity index (χ1n) is 6.78. The van der Waals surface area contributed by atoms with Gasteiger partial charge in [-0.1, -0.05) is 64.5 Å². The van der Waals surface area contributed by atoms with E-state index in [4.69, 9.17) is 4.74 Å². The van der Waals surface area contributed by atoms with E-state index < -0.39 is 0 Å². The van der Waals surface area contributed by atoms with Crippen LogP contribution in [0, 0.1) is 0 Å². The van der Waals surface area contributed by atoms with Crippen LogP contribution in [-0.4, -0.2) is 13.1 Å². The molecule has 0 aliphatic heterocycles. The highest BCUT2D eigenvalue weighted by Crippen LogP contribution is 2.21. The van der Waals surface area contributed by atoms with Crippen LogP contribution in [0.5, 0.6) is 0 Å². The van der Waals surface area contributed by atoms with Crippen LogP contribution in [0.1, 0.15) is 17.5 Å². The summed E-state index contributed by atoms with van der Waals surface area (Å²) < 4.78 is 5.85. The number of halogens is 1. The van der Waals surface area contributed by atoms with E-state index >= 15 is 0 Å². The molecule has 0 N–H and O–H groups in total. The van der Waals surface area contributed by atoms with E-state index in [-0.39, 0.29) is 5.97 Å². The van der Waals surface area contributed by atoms with Crippen LogP contribution in [0.25, 0.3) is 6.08 Å². The van der Waals surface area contributed by atoms with Gasteiger partial charge in [0.15, 0.2) is 0 Å². The Labute approximate surface area is 133 Å². The van der Waals surface area contributed by atoms with Crippen LogP contribution in [0.15, 0.2) is 64.6 Å². The Morgan fingerprint density at radius 2 is 1.76 bits per heavy atom. The van der Waals surface area contributed by atoms with Crippen LogP contribution >= 0.6 is 15.9 Å². The lowest BCUT2D eigenvalue weighted by Crippen LogP contribution is -2.06. The third kappa shape index (κ3) is 4.57. The minimum absolute atomic E-state index is 0.276. The first-order valence-corrected chi connectivity index (χ1v) is 7.57. The van der Waals surface area contributed by atoms with E-state index in [0.29, 0.717) is 12.0 Å². The summed E-state index contributed by atoms with van der Waals surface area (Å²) in [6, 6.07) is 17.9. The molecule has 0 radical (unpaired) electrons. The fraction of sp³-hybridized carbons (Fsp3) is 0.167. The van der Waals surface area contributed by atoms with Gasteiger partial charge in [0.2, 0.25) is 0 Å². The highest BCUT2D eigenvalue weighted by atomic mass is 79.9. The van der Waals surface area contributed by atoms with Crippen molar-refractivity contribution >= 4 is 28.0 Å². The SMILES string of the molecule is COC(=O)/C(=C/c1ccccc1Br)CCc1ccccc1. The van der Waals surface area contributed by atoms with Crippen molar-refractivity contribution in [1.29, 1.82) is 0 Å². The van der Waals surface area contributed by atoms with E-state index in [2.05, 4.69) is 28.1 Å². The summed E-state index contributed by atoms with van der Waals surface area (Å²) in [6.07, 6.45) is 3.35. The molecule has 0 aliphatic rings. The van der Waals surface area contributed by atoms with Crippen LogP contribution in [0.4, 0.5) is 0 Å². The summed E-state index contributed by atoms with van der Waals surface area (Å²) in [6.45, 7) is 0. The summed E-state index contributed by atoms with van der Waals surface area (Å²) in [5, 5.41) is 0. The number of hydrogen-bond donors (Lipinski definition) is 0. The Hall–Kier alpha value is -1.87. The number of hydrogen-bond acceptors (Lipinski definition) is 2. The summed E-state index contributed by atoms with van der Waals surface area (Å²) in [4.78, 5) is 11.9. The number of carbonyl (C=O) groups is 1. The molecule has 0 fully saturated rings. The van der Waals surface area contributed by atoms with E-state index in [1.807, 2.05) is 48.5 Å². The molecular formula is C18H17BrO2. The summed E-state index contributed by atoms with van der Waals surface area (Å²) in [5.74, 6) is -0.276. The number of benzene rings is 2. The molecule has 0 saturated carbocycles. The first kappa shape index (κ1) is 15.5. The lowest BCUT2D eigenvalue weighted by Gasteiger charge is -2.07. The number of carbonyl (C=O) groups excluding carboxylic acids is 1. The van der Waals surface area contributed by atoms with E-state index in [1.165, 1.54) is 12.7 Å². The molecule has 2 nitrogen and oxygen atoms in total. The predicted molar refractivity (Wildman–Crippen MR) is 88.9 cm³/mol. The lowest BCUT2D eigenvalue weighted by molar-refractivity contribution is -0.136. The number of esters is 1. The van der Waals surface area contributed by atoms with Gasteiger partial charge in [0.1, 0.15) is 0 Å². The van der Waals surface area contributed by atoms with Gasteiger partial charge in [-0.3, -0.25) is 0 Å². The predicted octanol–water partition coefficient (Wildman–Crippen LogP) is 4.64. The first-order chi connectivity index (χ1) is 10.2. The summed E-state index contributed by atoms with van der Waals surface area (Å²) in [7, 11) is 1.42. The third-order valence-electron chi connectivity index (χ3n) is 3.21. The summed E-state index contributed by atoms with van der Waals surface area (Å²) in [5.41, 5.74) is 2.86. The zero-order valence-corrected chi connectivity index (χ0v) is 13.5. The van der Waals surface area contributed by atoms with Gasteiger partial charge in [-0.25, -0.2) is 4.79 Å². The van der Waals surface area contributed by atoms with Crippen LogP contribution in [0.3, 0.4) is 0 Å². The third-order valence-corrected chi connectivity index (χ3v) is 3.93. The Bertz CT molecular complexity index is 633. The fourth-order valence-corrected chi connectivity index (χ4v) is 2.47. The van der Waals surface area contributed by atoms with Crippen molar-refractivity contribution < 1.29 is 9.53 Å². The average Bonchev–Trinajstić information content (AvgIpc) is 2.53. The Kier molecular flexibility index (Phi) is 5.76. The van der Waals surface area contributed by atoms with E-state index in [0.717, 1.165) is 16.5 Å². The van der Waals surface area contributed by atoms with Gasteiger partial charge < -0.3 is 4.74 Å². The second-order valence-electron chi connectivity index (χ2n) is 4.67. The normalized spacial score (nSPS) is 11.2. The highest BCUT2D eigenvalue weighted by molar-refractivity contribution is 9.10. The minimum atomic E-state index is -0.276. The Morgan fingerprint density at radius 1 is 1.10 bits per heavy atom. The number of methoxy groups -OCH3 is 1. The molecular weight excluding hydrogens is 328 g/mol. The molecule has 3 heteroatoms. The monoisotopic (exact) mass is 344 g/mol. The molecule has 21 heavy (non-hydrogen) atoms. The topological polar surface area (TPSA) is 26.3 Å². The Morgan fingerprint density at radius 3 is 2.43 bits per heavy atom. The van der Waals surface area contributed by atoms with Gasteiger partial charge in [-0.2, -0.15) is 0 Å². The van der Waals surface area contributed by atoms with Gasteiger partial charge in [-0.05, 0) is 36.1 Å². The second kappa shape index (κ2) is 7.79. The van der Waals surface area contributed by atoms with Crippen molar-refractivity contribution in [2.75, 3.05) is 7.11 Å². The molecule has 2 aromatic rings. The standard InChI is InChI=1S/C18H17BrO2/c1-21-18(20)16(12-11-14-7-3-2-4-8-14)13-15-9-5-6-10-17(15)19/h2-10,13H,11-12H2,1H3/b16-13+. The summed E-state index contributed by atoms with van der Waals surface area (Å²) >= 11 is 3.50. The maximum absolute atomic E-state index is 11.9. The molecule has 0 saturated heterocycles. The molecule has 0 amide bonds. The van der Waals surface area contributed by atoms with Crippen molar-refractivity contribution in [3.63, 3.8) is 0 Å². The maximum atomic E-state index is 11.9. The van der Waals surface area contributed by atoms with Crippen LogP contribution in [0.2, 0.25) is 0 Å². The van der Waals surface area contributed by atoms with Crippen molar-refractivity contribution in [3.8, 4) is 0 Å². The van der Waals surface area contributed by atoms with Crippen molar-refractivity contribution in [1.82, 2.24) is 0 Å². The highest BCUT2D eigenvalue weighted by Gasteiger charge is 2.10. The molecule has 0 unspecified atom stereocenters. The fourth-order valence-electron chi connectivity index (χ4n) is 2.07. The zero-order chi connectivity index (χ0) is 15.1. The molecule has 2 aromatic carbocycles. The molecule has 0 aromatic heterocycles. The molecule has 0 aliphatic carbocycles. The smallest absolute Gasteiger partial charge is 0.333 e. The van der Waals surface area contributed by atoms with Gasteiger partial charge in [0, 0.05) is 10.0 Å². The number of ether oxygens (including phenoxy) is 1. The number of rotatable bonds is 5. The van der Waals surface area contributed by atoms with Crippen LogP contribution < -0.4 is 0 Å². The molecule has 108 valence electrons. The van der Waals surface area contributed by atoms with Gasteiger partial charge in [0.05, 0.1) is 7.11 Å². The molecule has 0 bridgehead atoms. The van der Waals surface area contributed by atoms with Gasteiger partial charge in [0.25, 0.3) is 0 Å². The molecule has 0 spiro atoms.